The Hall–Kier alpha value is -2.90. The zero-order valence-corrected chi connectivity index (χ0v) is 17.3. The number of esters is 1. The molecule has 0 aliphatic carbocycles. The first kappa shape index (κ1) is 22.4. The van der Waals surface area contributed by atoms with Crippen LogP contribution in [0.5, 0.6) is 5.75 Å². The molecule has 1 aliphatic rings. The summed E-state index contributed by atoms with van der Waals surface area (Å²) in [7, 11) is 1.57. The third-order valence-electron chi connectivity index (χ3n) is 4.35. The Balaban J connectivity index is 1.92. The van der Waals surface area contributed by atoms with Crippen LogP contribution in [0.15, 0.2) is 24.3 Å². The monoisotopic (exact) mass is 404 g/mol. The minimum Gasteiger partial charge on any atom is -0.497 e. The van der Waals surface area contributed by atoms with Gasteiger partial charge < -0.3 is 19.7 Å². The zero-order valence-electron chi connectivity index (χ0n) is 17.3. The topological polar surface area (TPSA) is 102 Å². The molecule has 1 fully saturated rings. The lowest BCUT2D eigenvalue weighted by molar-refractivity contribution is -0.154. The van der Waals surface area contributed by atoms with Crippen LogP contribution >= 0.6 is 0 Å². The summed E-state index contributed by atoms with van der Waals surface area (Å²) in [5.74, 6) is -2.73. The zero-order chi connectivity index (χ0) is 21.6. The number of likely N-dealkylation sites (tertiary alicyclic amines) is 1. The highest BCUT2D eigenvalue weighted by Gasteiger charge is 2.40. The van der Waals surface area contributed by atoms with Gasteiger partial charge in [-0.2, -0.15) is 0 Å². The second-order valence-corrected chi connectivity index (χ2v) is 7.88. The first-order valence-corrected chi connectivity index (χ1v) is 9.54. The predicted octanol–water partition coefficient (Wildman–Crippen LogP) is 1.46. The number of amides is 2. The molecule has 1 aromatic rings. The summed E-state index contributed by atoms with van der Waals surface area (Å²) in [5, 5.41) is 2.50. The number of piperidine rings is 1. The number of nitrogens with one attached hydrogen (secondary N) is 1. The maximum absolute atomic E-state index is 12.7. The largest absolute Gasteiger partial charge is 0.497 e. The molecule has 8 nitrogen and oxygen atoms in total. The second-order valence-electron chi connectivity index (χ2n) is 7.88. The number of hydrogen-bond acceptors (Lipinski definition) is 6. The van der Waals surface area contributed by atoms with E-state index < -0.39 is 35.1 Å². The highest BCUT2D eigenvalue weighted by atomic mass is 16.6. The number of ketones is 1. The average molecular weight is 404 g/mol. The molecule has 0 bridgehead atoms. The number of carbonyl (C=O) groups is 4. The van der Waals surface area contributed by atoms with Crippen molar-refractivity contribution in [3.63, 3.8) is 0 Å². The van der Waals surface area contributed by atoms with Crippen LogP contribution in [0.2, 0.25) is 0 Å². The van der Waals surface area contributed by atoms with Gasteiger partial charge in [-0.15, -0.1) is 0 Å². The number of nitrogens with zero attached hydrogens (tertiary/aromatic N) is 1. The Morgan fingerprint density at radius 2 is 1.83 bits per heavy atom. The number of rotatable bonds is 7. The number of methoxy groups -OCH3 is 1. The second kappa shape index (κ2) is 9.54. The summed E-state index contributed by atoms with van der Waals surface area (Å²) < 4.78 is 10.3. The summed E-state index contributed by atoms with van der Waals surface area (Å²) in [6.07, 6.45) is 0.0831. The number of Topliss-reactive ketones (excluding diaryl/α,β-unsaturated/α-hetero) is 1. The van der Waals surface area contributed by atoms with E-state index in [2.05, 4.69) is 5.32 Å². The van der Waals surface area contributed by atoms with Crippen LogP contribution in [0, 0.1) is 5.92 Å². The highest BCUT2D eigenvalue weighted by Crippen LogP contribution is 2.19. The van der Waals surface area contributed by atoms with Crippen molar-refractivity contribution in [3.05, 3.63) is 29.8 Å². The quantitative estimate of drug-likeness (QED) is 0.545. The van der Waals surface area contributed by atoms with Gasteiger partial charge in [0.15, 0.2) is 11.7 Å². The maximum atomic E-state index is 12.7. The molecular formula is C21H28N2O6. The number of carbonyl (C=O) groups excluding carboxylic acids is 4. The van der Waals surface area contributed by atoms with Gasteiger partial charge in [-0.1, -0.05) is 12.1 Å². The molecular weight excluding hydrogens is 376 g/mol. The van der Waals surface area contributed by atoms with E-state index in [1.54, 1.807) is 40.0 Å². The molecule has 29 heavy (non-hydrogen) atoms. The van der Waals surface area contributed by atoms with Gasteiger partial charge in [0.25, 0.3) is 0 Å². The van der Waals surface area contributed by atoms with Crippen molar-refractivity contribution >= 4 is 23.6 Å². The van der Waals surface area contributed by atoms with Crippen molar-refractivity contribution in [2.24, 2.45) is 5.92 Å². The Kier molecular flexibility index (Phi) is 7.36. The molecule has 0 radical (unpaired) electrons. The summed E-state index contributed by atoms with van der Waals surface area (Å²) in [6, 6.07) is 7.24. The summed E-state index contributed by atoms with van der Waals surface area (Å²) in [6.45, 7) is 5.83. The summed E-state index contributed by atoms with van der Waals surface area (Å²) in [4.78, 5) is 50.6. The molecule has 0 spiro atoms. The predicted molar refractivity (Wildman–Crippen MR) is 105 cm³/mol. The van der Waals surface area contributed by atoms with Crippen LogP contribution in [-0.2, 0) is 30.5 Å². The molecule has 1 saturated heterocycles. The van der Waals surface area contributed by atoms with Gasteiger partial charge in [0.2, 0.25) is 11.8 Å². The van der Waals surface area contributed by atoms with Gasteiger partial charge in [-0.3, -0.25) is 19.2 Å². The first-order chi connectivity index (χ1) is 13.6. The lowest BCUT2D eigenvalue weighted by atomic mass is 9.94. The Morgan fingerprint density at radius 1 is 1.17 bits per heavy atom. The molecule has 1 aliphatic heterocycles. The number of hydrogen-bond donors (Lipinski definition) is 1. The Bertz CT molecular complexity index is 766. The van der Waals surface area contributed by atoms with E-state index in [1.165, 1.54) is 4.90 Å². The number of ether oxygens (including phenoxy) is 2. The number of benzene rings is 1. The van der Waals surface area contributed by atoms with E-state index in [1.807, 2.05) is 12.1 Å². The molecule has 1 aromatic carbocycles. The molecule has 1 atom stereocenters. The molecule has 0 saturated carbocycles. The molecule has 158 valence electrons. The smallest absolute Gasteiger partial charge is 0.308 e. The lowest BCUT2D eigenvalue weighted by Crippen LogP contribution is -2.52. The molecule has 2 rings (SSSR count). The summed E-state index contributed by atoms with van der Waals surface area (Å²) >= 11 is 0. The Labute approximate surface area is 170 Å². The molecule has 1 unspecified atom stereocenters. The van der Waals surface area contributed by atoms with Crippen LogP contribution in [-0.4, -0.2) is 54.3 Å². The first-order valence-electron chi connectivity index (χ1n) is 9.54. The molecule has 0 aromatic heterocycles. The third-order valence-corrected chi connectivity index (χ3v) is 4.35. The van der Waals surface area contributed by atoms with Gasteiger partial charge in [0, 0.05) is 26.1 Å². The van der Waals surface area contributed by atoms with Crippen LogP contribution < -0.4 is 10.1 Å². The van der Waals surface area contributed by atoms with E-state index in [-0.39, 0.29) is 25.9 Å². The molecule has 2 amide bonds. The minimum atomic E-state index is -1.37. The van der Waals surface area contributed by atoms with Crippen LogP contribution in [0.3, 0.4) is 0 Å². The fraction of sp³-hybridized carbons (Fsp3) is 0.524. The maximum Gasteiger partial charge on any atom is 0.308 e. The van der Waals surface area contributed by atoms with Gasteiger partial charge >= 0.3 is 5.97 Å². The molecule has 1 heterocycles. The van der Waals surface area contributed by atoms with Crippen molar-refractivity contribution in [1.29, 1.82) is 0 Å². The van der Waals surface area contributed by atoms with E-state index in [9.17, 15) is 19.2 Å². The summed E-state index contributed by atoms with van der Waals surface area (Å²) in [5.41, 5.74) is 0.260. The van der Waals surface area contributed by atoms with E-state index in [0.717, 1.165) is 5.56 Å². The van der Waals surface area contributed by atoms with Crippen molar-refractivity contribution in [1.82, 2.24) is 10.2 Å². The van der Waals surface area contributed by atoms with Crippen LogP contribution in [0.4, 0.5) is 0 Å². The molecule has 1 N–H and O–H groups in total. The van der Waals surface area contributed by atoms with Crippen molar-refractivity contribution in [2.75, 3.05) is 20.2 Å². The standard InChI is InChI=1S/C21H28N2O6/c1-21(2,3)29-17(25)9-11-22-19(26)18-16(24)10-12-23(20(18)27)13-14-5-7-15(28-4)8-6-14/h5-8,18H,9-13H2,1-4H3,(H,22,26). The van der Waals surface area contributed by atoms with E-state index >= 15 is 0 Å². The fourth-order valence-electron chi connectivity index (χ4n) is 2.97. The fourth-order valence-corrected chi connectivity index (χ4v) is 2.97. The SMILES string of the molecule is COc1ccc(CN2CCC(=O)C(C(=O)NCCC(=O)OC(C)(C)C)C2=O)cc1. The van der Waals surface area contributed by atoms with Gasteiger partial charge in [-0.25, -0.2) is 0 Å². The average Bonchev–Trinajstić information content (AvgIpc) is 2.63. The van der Waals surface area contributed by atoms with Gasteiger partial charge in [-0.05, 0) is 38.5 Å². The normalized spacial score (nSPS) is 17.1. The highest BCUT2D eigenvalue weighted by molar-refractivity contribution is 6.19. The lowest BCUT2D eigenvalue weighted by Gasteiger charge is -2.31. The van der Waals surface area contributed by atoms with E-state index in [0.29, 0.717) is 12.3 Å². The third kappa shape index (κ3) is 6.58. The van der Waals surface area contributed by atoms with Crippen molar-refractivity contribution in [3.8, 4) is 5.75 Å². The van der Waals surface area contributed by atoms with Crippen LogP contribution in [0.1, 0.15) is 39.2 Å². The van der Waals surface area contributed by atoms with E-state index in [4.69, 9.17) is 9.47 Å². The molecule has 8 heteroatoms. The van der Waals surface area contributed by atoms with Crippen LogP contribution in [0.25, 0.3) is 0 Å². The van der Waals surface area contributed by atoms with Gasteiger partial charge in [0.05, 0.1) is 13.5 Å². The minimum absolute atomic E-state index is 0.00326. The van der Waals surface area contributed by atoms with Gasteiger partial charge in [0.1, 0.15) is 11.4 Å². The Morgan fingerprint density at radius 3 is 2.41 bits per heavy atom. The van der Waals surface area contributed by atoms with Crippen molar-refractivity contribution in [2.45, 2.75) is 45.8 Å². The van der Waals surface area contributed by atoms with Crippen molar-refractivity contribution < 1.29 is 28.7 Å².